The van der Waals surface area contributed by atoms with Crippen molar-refractivity contribution in [3.05, 3.63) is 40.2 Å². The summed E-state index contributed by atoms with van der Waals surface area (Å²) in [6.07, 6.45) is 2.44. The highest BCUT2D eigenvalue weighted by Crippen LogP contribution is 2.08. The van der Waals surface area contributed by atoms with Crippen LogP contribution in [0.4, 0.5) is 0 Å². The van der Waals surface area contributed by atoms with Crippen molar-refractivity contribution in [3.8, 4) is 0 Å². The van der Waals surface area contributed by atoms with Gasteiger partial charge in [0.15, 0.2) is 5.82 Å². The summed E-state index contributed by atoms with van der Waals surface area (Å²) in [4.78, 5) is 9.74. The lowest BCUT2D eigenvalue weighted by molar-refractivity contribution is -0.404. The third-order valence-corrected chi connectivity index (χ3v) is 2.80. The van der Waals surface area contributed by atoms with Crippen LogP contribution in [0.3, 0.4) is 0 Å². The largest absolute Gasteiger partial charge is 0.370 e. The van der Waals surface area contributed by atoms with Gasteiger partial charge in [-0.25, -0.2) is 0 Å². The molecule has 0 bridgehead atoms. The number of hydrogen-bond donors (Lipinski definition) is 2. The normalized spacial score (nSPS) is 11.2. The molecule has 8 heteroatoms. The summed E-state index contributed by atoms with van der Waals surface area (Å²) in [5.41, 5.74) is 0.893. The van der Waals surface area contributed by atoms with Gasteiger partial charge in [0, 0.05) is 31.2 Å². The average molecular weight is 258 g/mol. The van der Waals surface area contributed by atoms with Crippen LogP contribution >= 0.6 is 11.8 Å². The minimum Gasteiger partial charge on any atom is -0.370 e. The van der Waals surface area contributed by atoms with E-state index in [9.17, 15) is 10.1 Å². The Morgan fingerprint density at radius 2 is 2.59 bits per heavy atom. The lowest BCUT2D eigenvalue weighted by Gasteiger charge is -2.06. The Bertz CT molecular complexity index is 366. The van der Waals surface area contributed by atoms with Crippen LogP contribution in [0.5, 0.6) is 0 Å². The molecule has 2 N–H and O–H groups in total. The molecule has 0 amide bonds. The fraction of sp³-hybridized carbons (Fsp3) is 0.444. The molecule has 0 aliphatic carbocycles. The predicted molar refractivity (Wildman–Crippen MR) is 64.8 cm³/mol. The van der Waals surface area contributed by atoms with Crippen molar-refractivity contribution >= 4 is 11.8 Å². The Kier molecular flexibility index (Phi) is 5.94. The second-order valence-electron chi connectivity index (χ2n) is 3.05. The highest BCUT2D eigenvalue weighted by molar-refractivity contribution is 7.98. The van der Waals surface area contributed by atoms with E-state index in [1.165, 1.54) is 6.26 Å². The molecule has 0 fully saturated rings. The monoisotopic (exact) mass is 258 g/mol. The molecule has 17 heavy (non-hydrogen) atoms. The van der Waals surface area contributed by atoms with Crippen molar-refractivity contribution < 1.29 is 9.45 Å². The van der Waals surface area contributed by atoms with Gasteiger partial charge in [-0.05, 0) is 0 Å². The molecule has 1 rings (SSSR count). The van der Waals surface area contributed by atoms with Gasteiger partial charge in [0.1, 0.15) is 6.26 Å². The molecule has 0 spiro atoms. The topological polar surface area (TPSA) is 93.2 Å². The molecule has 0 saturated heterocycles. The molecule has 0 unspecified atom stereocenters. The van der Waals surface area contributed by atoms with Crippen LogP contribution in [0.1, 0.15) is 5.69 Å². The Labute approximate surface area is 103 Å². The summed E-state index contributed by atoms with van der Waals surface area (Å²) in [5.74, 6) is 1.99. The molecular formula is C9H14N4O3S. The number of nitrogens with one attached hydrogen (secondary N) is 2. The fourth-order valence-electron chi connectivity index (χ4n) is 1.05. The zero-order valence-corrected chi connectivity index (χ0v) is 10.2. The summed E-state index contributed by atoms with van der Waals surface area (Å²) in [7, 11) is 1.63. The SMILES string of the molecule is CN/C(=C/[N+](=O)[O-])NCCSCc1ccon1. The Morgan fingerprint density at radius 1 is 1.76 bits per heavy atom. The standard InChI is InChI=1S/C9H14N4O3S/c1-10-9(6-13(14)15)11-3-5-17-7-8-2-4-16-12-8/h2,4,6,10-11H,3,5,7H2,1H3/b9-6-. The summed E-state index contributed by atoms with van der Waals surface area (Å²) < 4.78 is 4.70. The number of aromatic nitrogens is 1. The maximum atomic E-state index is 10.2. The van der Waals surface area contributed by atoms with Gasteiger partial charge in [-0.1, -0.05) is 5.16 Å². The molecule has 1 heterocycles. The summed E-state index contributed by atoms with van der Waals surface area (Å²) >= 11 is 1.67. The quantitative estimate of drug-likeness (QED) is 0.404. The number of rotatable bonds is 8. The summed E-state index contributed by atoms with van der Waals surface area (Å²) in [5, 5.41) is 19.6. The van der Waals surface area contributed by atoms with Gasteiger partial charge in [-0.15, -0.1) is 0 Å². The molecule has 7 nitrogen and oxygen atoms in total. The van der Waals surface area contributed by atoms with Crippen LogP contribution in [0, 0.1) is 10.1 Å². The van der Waals surface area contributed by atoms with Crippen LogP contribution < -0.4 is 10.6 Å². The summed E-state index contributed by atoms with van der Waals surface area (Å²) in [6, 6.07) is 1.81. The molecule has 1 aromatic heterocycles. The first-order chi connectivity index (χ1) is 8.22. The van der Waals surface area contributed by atoms with Gasteiger partial charge >= 0.3 is 0 Å². The highest BCUT2D eigenvalue weighted by atomic mass is 32.2. The average Bonchev–Trinajstić information content (AvgIpc) is 2.79. The van der Waals surface area contributed by atoms with Crippen molar-refractivity contribution in [2.75, 3.05) is 19.3 Å². The molecule has 0 aromatic carbocycles. The Hall–Kier alpha value is -1.70. The number of thioether (sulfide) groups is 1. The van der Waals surface area contributed by atoms with Crippen LogP contribution in [0.15, 0.2) is 28.9 Å². The fourth-order valence-corrected chi connectivity index (χ4v) is 1.80. The van der Waals surface area contributed by atoms with E-state index < -0.39 is 4.92 Å². The van der Waals surface area contributed by atoms with Crippen LogP contribution in [0.25, 0.3) is 0 Å². The van der Waals surface area contributed by atoms with Crippen LogP contribution in [0.2, 0.25) is 0 Å². The number of nitrogens with zero attached hydrogens (tertiary/aromatic N) is 2. The molecule has 94 valence electrons. The third kappa shape index (κ3) is 5.81. The van der Waals surface area contributed by atoms with Gasteiger partial charge < -0.3 is 15.2 Å². The van der Waals surface area contributed by atoms with Crippen molar-refractivity contribution in [2.45, 2.75) is 5.75 Å². The molecule has 0 aliphatic rings. The first kappa shape index (κ1) is 13.4. The van der Waals surface area contributed by atoms with Gasteiger partial charge in [0.25, 0.3) is 6.20 Å². The lowest BCUT2D eigenvalue weighted by atomic mass is 10.5. The predicted octanol–water partition coefficient (Wildman–Crippen LogP) is 0.792. The molecule has 0 saturated carbocycles. The van der Waals surface area contributed by atoms with Crippen molar-refractivity contribution in [1.29, 1.82) is 0 Å². The third-order valence-electron chi connectivity index (χ3n) is 1.81. The number of nitro groups is 1. The molecular weight excluding hydrogens is 244 g/mol. The Morgan fingerprint density at radius 3 is 3.18 bits per heavy atom. The molecule has 0 radical (unpaired) electrons. The van der Waals surface area contributed by atoms with Gasteiger partial charge in [-0.2, -0.15) is 11.8 Å². The maximum Gasteiger partial charge on any atom is 0.274 e. The van der Waals surface area contributed by atoms with Gasteiger partial charge in [-0.3, -0.25) is 10.1 Å². The molecule has 0 atom stereocenters. The van der Waals surface area contributed by atoms with Crippen molar-refractivity contribution in [3.63, 3.8) is 0 Å². The first-order valence-electron chi connectivity index (χ1n) is 4.96. The van der Waals surface area contributed by atoms with E-state index in [2.05, 4.69) is 15.8 Å². The van der Waals surface area contributed by atoms with Crippen molar-refractivity contribution in [1.82, 2.24) is 15.8 Å². The van der Waals surface area contributed by atoms with E-state index in [1.807, 2.05) is 6.07 Å². The maximum absolute atomic E-state index is 10.2. The second-order valence-corrected chi connectivity index (χ2v) is 4.15. The van der Waals surface area contributed by atoms with E-state index in [1.54, 1.807) is 18.8 Å². The second kappa shape index (κ2) is 7.55. The molecule has 0 aliphatic heterocycles. The van der Waals surface area contributed by atoms with E-state index in [0.29, 0.717) is 12.4 Å². The van der Waals surface area contributed by atoms with E-state index in [4.69, 9.17) is 4.52 Å². The number of hydrogen-bond acceptors (Lipinski definition) is 7. The first-order valence-corrected chi connectivity index (χ1v) is 6.12. The highest BCUT2D eigenvalue weighted by Gasteiger charge is 2.00. The smallest absolute Gasteiger partial charge is 0.274 e. The Balaban J connectivity index is 2.13. The minimum absolute atomic E-state index is 0.400. The lowest BCUT2D eigenvalue weighted by Crippen LogP contribution is -2.26. The zero-order valence-electron chi connectivity index (χ0n) is 9.38. The van der Waals surface area contributed by atoms with E-state index in [-0.39, 0.29) is 0 Å². The molecule has 1 aromatic rings. The van der Waals surface area contributed by atoms with Crippen LogP contribution in [-0.4, -0.2) is 29.4 Å². The minimum atomic E-state index is -0.499. The van der Waals surface area contributed by atoms with Gasteiger partial charge in [0.05, 0.1) is 10.6 Å². The summed E-state index contributed by atoms with van der Waals surface area (Å²) in [6.45, 7) is 0.642. The zero-order chi connectivity index (χ0) is 12.5. The van der Waals surface area contributed by atoms with Crippen LogP contribution in [-0.2, 0) is 5.75 Å². The van der Waals surface area contributed by atoms with Gasteiger partial charge in [0.2, 0.25) is 0 Å². The van der Waals surface area contributed by atoms with E-state index >= 15 is 0 Å². The van der Waals surface area contributed by atoms with Crippen molar-refractivity contribution in [2.24, 2.45) is 0 Å². The van der Waals surface area contributed by atoms with E-state index in [0.717, 1.165) is 23.4 Å².